The average Bonchev–Trinajstić information content (AvgIpc) is 3.22. The highest BCUT2D eigenvalue weighted by Gasteiger charge is 2.14. The van der Waals surface area contributed by atoms with E-state index >= 15 is 0 Å². The van der Waals surface area contributed by atoms with Crippen molar-refractivity contribution >= 4 is 39.9 Å². The van der Waals surface area contributed by atoms with Crippen LogP contribution in [0.2, 0.25) is 0 Å². The first-order valence-electron chi connectivity index (χ1n) is 9.62. The van der Waals surface area contributed by atoms with E-state index in [0.29, 0.717) is 5.75 Å². The predicted molar refractivity (Wildman–Crippen MR) is 116 cm³/mol. The van der Waals surface area contributed by atoms with Crippen molar-refractivity contribution in [2.75, 3.05) is 29.1 Å². The summed E-state index contributed by atoms with van der Waals surface area (Å²) in [6.45, 7) is 6.16. The first-order valence-corrected chi connectivity index (χ1v) is 10.6. The molecule has 0 aliphatic carbocycles. The molecule has 0 saturated carbocycles. The maximum atomic E-state index is 12.5. The molecule has 1 N–H and O–H groups in total. The summed E-state index contributed by atoms with van der Waals surface area (Å²) < 4.78 is 0. The number of aromatic nitrogens is 2. The number of thioether (sulfide) groups is 1. The fourth-order valence-corrected chi connectivity index (χ4v) is 4.41. The first-order chi connectivity index (χ1) is 13.6. The third-order valence-electron chi connectivity index (χ3n) is 4.98. The second-order valence-electron chi connectivity index (χ2n) is 7.12. The topological polar surface area (TPSA) is 58.1 Å². The van der Waals surface area contributed by atoms with Gasteiger partial charge in [-0.05, 0) is 56.5 Å². The Kier molecular flexibility index (Phi) is 5.48. The maximum Gasteiger partial charge on any atom is 0.234 e. The molecule has 2 aromatic carbocycles. The lowest BCUT2D eigenvalue weighted by Gasteiger charge is -2.19. The molecule has 0 bridgehead atoms. The van der Waals surface area contributed by atoms with Crippen molar-refractivity contribution in [3.8, 4) is 0 Å². The molecule has 0 unspecified atom stereocenters. The predicted octanol–water partition coefficient (Wildman–Crippen LogP) is 4.58. The van der Waals surface area contributed by atoms with Crippen LogP contribution in [-0.2, 0) is 4.79 Å². The van der Waals surface area contributed by atoms with Gasteiger partial charge < -0.3 is 10.2 Å². The van der Waals surface area contributed by atoms with E-state index < -0.39 is 0 Å². The van der Waals surface area contributed by atoms with Gasteiger partial charge in [0.1, 0.15) is 10.9 Å². The largest absolute Gasteiger partial charge is 0.372 e. The Bertz CT molecular complexity index is 1010. The van der Waals surface area contributed by atoms with Gasteiger partial charge in [0, 0.05) is 29.9 Å². The molecule has 2 heterocycles. The number of hydrogen-bond acceptors (Lipinski definition) is 5. The van der Waals surface area contributed by atoms with E-state index in [2.05, 4.69) is 32.3 Å². The molecule has 1 aromatic heterocycles. The molecule has 1 aliphatic heterocycles. The Morgan fingerprint density at radius 1 is 1.11 bits per heavy atom. The van der Waals surface area contributed by atoms with Gasteiger partial charge in [0.05, 0.1) is 11.3 Å². The van der Waals surface area contributed by atoms with Crippen molar-refractivity contribution in [3.63, 3.8) is 0 Å². The highest BCUT2D eigenvalue weighted by atomic mass is 32.2. The molecular formula is C22H24N4OS. The van der Waals surface area contributed by atoms with Crippen LogP contribution in [0.4, 0.5) is 11.4 Å². The molecule has 3 aromatic rings. The molecule has 5 nitrogen and oxygen atoms in total. The lowest BCUT2D eigenvalue weighted by Crippen LogP contribution is -2.18. The molecule has 28 heavy (non-hydrogen) atoms. The summed E-state index contributed by atoms with van der Waals surface area (Å²) in [4.78, 5) is 23.9. The monoisotopic (exact) mass is 392 g/mol. The maximum absolute atomic E-state index is 12.5. The number of aryl methyl sites for hydroxylation is 2. The summed E-state index contributed by atoms with van der Waals surface area (Å²) in [6.07, 6.45) is 2.51. The first kappa shape index (κ1) is 18.7. The van der Waals surface area contributed by atoms with Crippen molar-refractivity contribution in [1.29, 1.82) is 0 Å². The number of para-hydroxylation sites is 1. The van der Waals surface area contributed by atoms with Crippen molar-refractivity contribution in [2.45, 2.75) is 31.7 Å². The Morgan fingerprint density at radius 2 is 1.89 bits per heavy atom. The second kappa shape index (κ2) is 8.19. The van der Waals surface area contributed by atoms with Gasteiger partial charge in [0.25, 0.3) is 0 Å². The third kappa shape index (κ3) is 4.12. The number of benzene rings is 2. The van der Waals surface area contributed by atoms with Crippen LogP contribution in [0.3, 0.4) is 0 Å². The minimum absolute atomic E-state index is 0.0256. The number of anilines is 2. The molecule has 1 amide bonds. The SMILES string of the molecule is Cc1nc(SCC(=O)Nc2ccc(N3CCCC3)cc2C)c2ccccc2n1. The van der Waals surface area contributed by atoms with Crippen molar-refractivity contribution in [1.82, 2.24) is 9.97 Å². The van der Waals surface area contributed by atoms with Crippen LogP contribution >= 0.6 is 11.8 Å². The molecule has 1 fully saturated rings. The summed E-state index contributed by atoms with van der Waals surface area (Å²) in [5, 5.41) is 4.87. The lowest BCUT2D eigenvalue weighted by atomic mass is 10.1. The van der Waals surface area contributed by atoms with Crippen LogP contribution in [0.25, 0.3) is 10.9 Å². The van der Waals surface area contributed by atoms with Gasteiger partial charge in [-0.3, -0.25) is 4.79 Å². The van der Waals surface area contributed by atoms with Gasteiger partial charge in [-0.15, -0.1) is 0 Å². The molecule has 0 spiro atoms. The van der Waals surface area contributed by atoms with Gasteiger partial charge in [-0.1, -0.05) is 30.0 Å². The van der Waals surface area contributed by atoms with Crippen molar-refractivity contribution in [2.24, 2.45) is 0 Å². The highest BCUT2D eigenvalue weighted by molar-refractivity contribution is 8.00. The Labute approximate surface area is 169 Å². The van der Waals surface area contributed by atoms with E-state index in [1.54, 1.807) is 0 Å². The van der Waals surface area contributed by atoms with Crippen molar-refractivity contribution < 1.29 is 4.79 Å². The number of nitrogens with one attached hydrogen (secondary N) is 1. The molecule has 1 aliphatic rings. The highest BCUT2D eigenvalue weighted by Crippen LogP contribution is 2.27. The minimum Gasteiger partial charge on any atom is -0.372 e. The zero-order valence-electron chi connectivity index (χ0n) is 16.2. The number of carbonyl (C=O) groups is 1. The zero-order chi connectivity index (χ0) is 19.5. The van der Waals surface area contributed by atoms with Crippen LogP contribution in [0, 0.1) is 13.8 Å². The van der Waals surface area contributed by atoms with E-state index in [-0.39, 0.29) is 5.91 Å². The van der Waals surface area contributed by atoms with E-state index in [1.807, 2.05) is 44.2 Å². The summed E-state index contributed by atoms with van der Waals surface area (Å²) in [6, 6.07) is 14.2. The Hall–Kier alpha value is -2.60. The Balaban J connectivity index is 1.42. The molecule has 4 rings (SSSR count). The van der Waals surface area contributed by atoms with Gasteiger partial charge >= 0.3 is 0 Å². The minimum atomic E-state index is -0.0256. The van der Waals surface area contributed by atoms with Gasteiger partial charge in [-0.2, -0.15) is 0 Å². The lowest BCUT2D eigenvalue weighted by molar-refractivity contribution is -0.113. The summed E-state index contributed by atoms with van der Waals surface area (Å²) in [5.41, 5.74) is 4.11. The summed E-state index contributed by atoms with van der Waals surface area (Å²) in [7, 11) is 0. The van der Waals surface area contributed by atoms with Gasteiger partial charge in [-0.25, -0.2) is 9.97 Å². The van der Waals surface area contributed by atoms with Crippen LogP contribution in [-0.4, -0.2) is 34.7 Å². The molecule has 144 valence electrons. The molecule has 1 saturated heterocycles. The number of hydrogen-bond donors (Lipinski definition) is 1. The Morgan fingerprint density at radius 3 is 2.68 bits per heavy atom. The quantitative estimate of drug-likeness (QED) is 0.509. The van der Waals surface area contributed by atoms with Gasteiger partial charge in [0.2, 0.25) is 5.91 Å². The van der Waals surface area contributed by atoms with Crippen LogP contribution in [0.5, 0.6) is 0 Å². The standard InChI is InChI=1S/C22H24N4OS/c1-15-13-17(26-11-5-6-12-26)9-10-19(15)25-21(27)14-28-22-18-7-3-4-8-20(18)23-16(2)24-22/h3-4,7-10,13H,5-6,11-12,14H2,1-2H3,(H,25,27). The fourth-order valence-electron chi connectivity index (χ4n) is 3.55. The van der Waals surface area contributed by atoms with E-state index in [4.69, 9.17) is 0 Å². The molecule has 6 heteroatoms. The van der Waals surface area contributed by atoms with E-state index in [1.165, 1.54) is 30.3 Å². The van der Waals surface area contributed by atoms with Crippen LogP contribution < -0.4 is 10.2 Å². The summed E-state index contributed by atoms with van der Waals surface area (Å²) in [5.74, 6) is 1.01. The summed E-state index contributed by atoms with van der Waals surface area (Å²) >= 11 is 1.45. The molecular weight excluding hydrogens is 368 g/mol. The van der Waals surface area contributed by atoms with E-state index in [9.17, 15) is 4.79 Å². The van der Waals surface area contributed by atoms with E-state index in [0.717, 1.165) is 46.1 Å². The number of carbonyl (C=O) groups excluding carboxylic acids is 1. The molecule has 0 radical (unpaired) electrons. The third-order valence-corrected chi connectivity index (χ3v) is 5.97. The van der Waals surface area contributed by atoms with Gasteiger partial charge in [0.15, 0.2) is 0 Å². The number of rotatable bonds is 5. The van der Waals surface area contributed by atoms with Crippen molar-refractivity contribution in [3.05, 3.63) is 53.9 Å². The number of nitrogens with zero attached hydrogens (tertiary/aromatic N) is 3. The smallest absolute Gasteiger partial charge is 0.234 e. The average molecular weight is 393 g/mol. The zero-order valence-corrected chi connectivity index (χ0v) is 17.1. The van der Waals surface area contributed by atoms with Crippen LogP contribution in [0.15, 0.2) is 47.5 Å². The fraction of sp³-hybridized carbons (Fsp3) is 0.318. The number of amides is 1. The normalized spacial score (nSPS) is 13.9. The molecule has 0 atom stereocenters. The number of fused-ring (bicyclic) bond motifs is 1. The second-order valence-corrected chi connectivity index (χ2v) is 8.09. The van der Waals surface area contributed by atoms with Crippen LogP contribution in [0.1, 0.15) is 24.2 Å².